The van der Waals surface area contributed by atoms with Crippen molar-refractivity contribution in [3.63, 3.8) is 0 Å². The summed E-state index contributed by atoms with van der Waals surface area (Å²) in [4.78, 5) is 0. The number of piperidine rings is 1. The molecule has 2 saturated heterocycles. The molecule has 0 atom stereocenters. The van der Waals surface area contributed by atoms with E-state index in [1.807, 2.05) is 41.5 Å². The molecule has 1 N–H and O–H groups in total. The maximum absolute atomic E-state index is 10.4. The van der Waals surface area contributed by atoms with Crippen molar-refractivity contribution in [1.29, 1.82) is 0 Å². The summed E-state index contributed by atoms with van der Waals surface area (Å²) in [7, 11) is -2.99. The summed E-state index contributed by atoms with van der Waals surface area (Å²) in [5.74, 6) is 0. The molecule has 2 heterocycles. The molecule has 2 aliphatic rings. The van der Waals surface area contributed by atoms with Gasteiger partial charge < -0.3 is 27.6 Å². The largest absolute Gasteiger partial charge is 0.679 e. The third kappa shape index (κ3) is 4.56. The predicted molar refractivity (Wildman–Crippen MR) is 90.6 cm³/mol. The Morgan fingerprint density at radius 1 is 0.958 bits per heavy atom. The number of rotatable bonds is 6. The van der Waals surface area contributed by atoms with E-state index in [1.54, 1.807) is 0 Å². The van der Waals surface area contributed by atoms with Crippen LogP contribution < -0.4 is 0 Å². The monoisotopic (exact) mass is 363 g/mol. The Balaban J connectivity index is 1.92. The van der Waals surface area contributed by atoms with E-state index in [0.717, 1.165) is 12.8 Å². The number of ether oxygens (including phenoxy) is 1. The van der Waals surface area contributed by atoms with E-state index in [1.165, 1.54) is 5.06 Å². The van der Waals surface area contributed by atoms with E-state index in [-0.39, 0.29) is 23.3 Å². The van der Waals surface area contributed by atoms with Crippen LogP contribution in [0, 0.1) is 0 Å². The van der Waals surface area contributed by atoms with E-state index < -0.39 is 9.05 Å². The molecule has 0 saturated carbocycles. The van der Waals surface area contributed by atoms with Gasteiger partial charge in [0.05, 0.1) is 19.3 Å². The van der Waals surface area contributed by atoms with Crippen molar-refractivity contribution >= 4 is 9.05 Å². The number of hydroxylamine groups is 2. The fraction of sp³-hybridized carbons (Fsp3) is 1.00. The fourth-order valence-electron chi connectivity index (χ4n) is 3.67. The van der Waals surface area contributed by atoms with Gasteiger partial charge in [-0.25, -0.2) is 0 Å². The van der Waals surface area contributed by atoms with Crippen molar-refractivity contribution < 1.29 is 27.6 Å². The molecule has 2 aliphatic heterocycles. The van der Waals surface area contributed by atoms with E-state index >= 15 is 0 Å². The number of hydrogen-bond donors (Lipinski definition) is 1. The Morgan fingerprint density at radius 3 is 1.83 bits per heavy atom. The van der Waals surface area contributed by atoms with Crippen molar-refractivity contribution in [2.45, 2.75) is 77.7 Å². The summed E-state index contributed by atoms with van der Waals surface area (Å²) >= 11 is 0. The second-order valence-corrected chi connectivity index (χ2v) is 9.87. The molecule has 2 fully saturated rings. The first-order valence-corrected chi connectivity index (χ1v) is 10.5. The highest BCUT2D eigenvalue weighted by Gasteiger charge is 2.51. The Morgan fingerprint density at radius 2 is 1.42 bits per heavy atom. The van der Waals surface area contributed by atoms with Gasteiger partial charge in [-0.1, -0.05) is 0 Å². The Hall–Kier alpha value is -0.0631. The molecule has 0 aromatic rings. The van der Waals surface area contributed by atoms with E-state index in [0.29, 0.717) is 26.4 Å². The Kier molecular flexibility index (Phi) is 6.47. The van der Waals surface area contributed by atoms with Gasteiger partial charge in [0.1, 0.15) is 6.10 Å². The minimum Gasteiger partial charge on any atom is -0.370 e. The summed E-state index contributed by atoms with van der Waals surface area (Å²) in [6, 6.07) is 0. The minimum absolute atomic E-state index is 0.0453. The predicted octanol–water partition coefficient (Wildman–Crippen LogP) is 2.34. The van der Waals surface area contributed by atoms with Crippen molar-refractivity contribution in [3.8, 4) is 0 Å². The van der Waals surface area contributed by atoms with Crippen LogP contribution in [0.1, 0.15) is 54.4 Å². The van der Waals surface area contributed by atoms with Gasteiger partial charge in [-0.3, -0.25) is 0 Å². The summed E-state index contributed by atoms with van der Waals surface area (Å²) < 4.78 is 29.1. The Bertz CT molecular complexity index is 385. The first-order valence-electron chi connectivity index (χ1n) is 8.84. The summed E-state index contributed by atoms with van der Waals surface area (Å²) in [5, 5.41) is 11.8. The van der Waals surface area contributed by atoms with Crippen molar-refractivity contribution in [2.75, 3.05) is 26.4 Å². The zero-order chi connectivity index (χ0) is 18.0. The van der Waals surface area contributed by atoms with Crippen LogP contribution in [0.2, 0.25) is 0 Å². The topological polar surface area (TPSA) is 69.6 Å². The zero-order valence-corrected chi connectivity index (χ0v) is 16.8. The molecule has 0 aliphatic carbocycles. The number of nitrogens with zero attached hydrogens (tertiary/aromatic N) is 1. The van der Waals surface area contributed by atoms with Crippen molar-refractivity contribution in [1.82, 2.24) is 5.06 Å². The molecule has 0 aromatic heterocycles. The molecule has 0 spiro atoms. The van der Waals surface area contributed by atoms with Gasteiger partial charge in [-0.05, 0) is 54.4 Å². The van der Waals surface area contributed by atoms with E-state index in [2.05, 4.69) is 0 Å². The van der Waals surface area contributed by atoms with Crippen LogP contribution in [0.3, 0.4) is 0 Å². The van der Waals surface area contributed by atoms with Crippen LogP contribution in [-0.4, -0.2) is 69.0 Å². The van der Waals surface area contributed by atoms with Gasteiger partial charge in [0, 0.05) is 24.3 Å². The quantitative estimate of drug-likeness (QED) is 0.726. The second kappa shape index (κ2) is 7.67. The molecule has 0 bridgehead atoms. The molecule has 24 heavy (non-hydrogen) atoms. The normalized spacial score (nSPS) is 28.1. The van der Waals surface area contributed by atoms with Crippen LogP contribution in [0.15, 0.2) is 0 Å². The molecule has 0 unspecified atom stereocenters. The highest BCUT2D eigenvalue weighted by atomic mass is 28.4. The molecule has 0 aromatic carbocycles. The summed E-state index contributed by atoms with van der Waals surface area (Å²) in [5.41, 5.74) is -0.671. The first-order chi connectivity index (χ1) is 11.1. The lowest BCUT2D eigenvalue weighted by molar-refractivity contribution is -0.268. The number of hydrogen-bond acceptors (Lipinski definition) is 7. The third-order valence-corrected chi connectivity index (χ3v) is 6.85. The summed E-state index contributed by atoms with van der Waals surface area (Å²) in [6.45, 7) is 13.7. The van der Waals surface area contributed by atoms with E-state index in [4.69, 9.17) is 22.4 Å². The average Bonchev–Trinajstić information content (AvgIpc) is 2.47. The molecule has 0 amide bonds. The zero-order valence-electron chi connectivity index (χ0n) is 15.8. The highest BCUT2D eigenvalue weighted by molar-refractivity contribution is 6.53. The van der Waals surface area contributed by atoms with Gasteiger partial charge in [0.2, 0.25) is 0 Å². The minimum atomic E-state index is -2.99. The molecule has 2 rings (SSSR count). The molecule has 0 radical (unpaired) electrons. The maximum Gasteiger partial charge on any atom is 0.679 e. The second-order valence-electron chi connectivity index (χ2n) is 7.71. The summed E-state index contributed by atoms with van der Waals surface area (Å²) in [6.07, 6.45) is 1.41. The maximum atomic E-state index is 10.4. The Labute approximate surface area is 146 Å². The lowest BCUT2D eigenvalue weighted by Gasteiger charge is -2.51. The molecular formula is C16H33NO6Si. The van der Waals surface area contributed by atoms with Gasteiger partial charge in [0.25, 0.3) is 0 Å². The highest BCUT2D eigenvalue weighted by Crippen LogP contribution is 2.38. The van der Waals surface area contributed by atoms with Gasteiger partial charge in [0.15, 0.2) is 0 Å². The molecule has 7 nitrogen and oxygen atoms in total. The van der Waals surface area contributed by atoms with Crippen LogP contribution in [-0.2, 0) is 22.4 Å². The fourth-order valence-corrected chi connectivity index (χ4v) is 5.65. The molecule has 8 heteroatoms. The van der Waals surface area contributed by atoms with Gasteiger partial charge in [-0.15, -0.1) is 0 Å². The molecular weight excluding hydrogens is 330 g/mol. The van der Waals surface area contributed by atoms with Crippen molar-refractivity contribution in [2.24, 2.45) is 0 Å². The lowest BCUT2D eigenvalue weighted by atomic mass is 9.80. The van der Waals surface area contributed by atoms with Crippen LogP contribution in [0.25, 0.3) is 0 Å². The average molecular weight is 364 g/mol. The SMILES string of the molecule is CCO[Si]1(OCC)OCC(OC2CC(C)(C)N(O)C(C)(C)C2)CO1. The van der Waals surface area contributed by atoms with E-state index in [9.17, 15) is 5.21 Å². The first kappa shape index (κ1) is 20.3. The van der Waals surface area contributed by atoms with Gasteiger partial charge >= 0.3 is 9.05 Å². The molecule has 142 valence electrons. The van der Waals surface area contributed by atoms with Crippen LogP contribution >= 0.6 is 0 Å². The lowest BCUT2D eigenvalue weighted by Crippen LogP contribution is -2.62. The standard InChI is InChI=1S/C16H33NO6Si/c1-7-19-24(20-8-2)21-11-14(12-22-24)23-13-9-15(3,4)17(18)16(5,6)10-13/h13-14,18H,7-12H2,1-6H3. The van der Waals surface area contributed by atoms with Gasteiger partial charge in [-0.2, -0.15) is 5.06 Å². The third-order valence-electron chi connectivity index (χ3n) is 4.52. The van der Waals surface area contributed by atoms with Crippen molar-refractivity contribution in [3.05, 3.63) is 0 Å². The smallest absolute Gasteiger partial charge is 0.370 e. The van der Waals surface area contributed by atoms with Crippen LogP contribution in [0.5, 0.6) is 0 Å². The van der Waals surface area contributed by atoms with Crippen LogP contribution in [0.4, 0.5) is 0 Å².